The van der Waals surface area contributed by atoms with E-state index in [1.54, 1.807) is 11.3 Å². The Morgan fingerprint density at radius 1 is 1.40 bits per heavy atom. The van der Waals surface area contributed by atoms with Crippen LogP contribution in [-0.2, 0) is 11.2 Å². The number of ether oxygens (including phenoxy) is 1. The predicted molar refractivity (Wildman–Crippen MR) is 71.9 cm³/mol. The summed E-state index contributed by atoms with van der Waals surface area (Å²) in [5.74, 6) is -4.08. The molecule has 116 valence electrons. The van der Waals surface area contributed by atoms with Crippen molar-refractivity contribution in [2.75, 3.05) is 19.8 Å². The average Bonchev–Trinajstić information content (AvgIpc) is 2.88. The number of hydrogen-bond acceptors (Lipinski definition) is 3. The number of aryl methyl sites for hydroxylation is 1. The topological polar surface area (TPSA) is 21.3 Å². The Hall–Kier alpha value is -0.660. The number of hydrogen-bond donors (Lipinski definition) is 1. The smallest absolute Gasteiger partial charge is 0.330 e. The van der Waals surface area contributed by atoms with Crippen LogP contribution in [0.4, 0.5) is 17.6 Å². The van der Waals surface area contributed by atoms with Gasteiger partial charge < -0.3 is 10.1 Å². The molecule has 0 radical (unpaired) electrons. The molecule has 20 heavy (non-hydrogen) atoms. The molecule has 1 aromatic heterocycles. The van der Waals surface area contributed by atoms with Gasteiger partial charge in [0.25, 0.3) is 0 Å². The minimum absolute atomic E-state index is 0.00151. The fraction of sp³-hybridized carbons (Fsp3) is 0.692. The molecule has 2 nitrogen and oxygen atoms in total. The monoisotopic (exact) mass is 313 g/mol. The lowest BCUT2D eigenvalue weighted by atomic mass is 10.1. The fourth-order valence-corrected chi connectivity index (χ4v) is 2.43. The van der Waals surface area contributed by atoms with Gasteiger partial charge in [0.1, 0.15) is 6.61 Å². The van der Waals surface area contributed by atoms with Crippen molar-refractivity contribution in [3.05, 3.63) is 22.4 Å². The third-order valence-electron chi connectivity index (χ3n) is 2.74. The van der Waals surface area contributed by atoms with Gasteiger partial charge in [-0.25, -0.2) is 8.78 Å². The maximum Gasteiger partial charge on any atom is 0.330 e. The number of rotatable bonds is 10. The molecule has 1 heterocycles. The Morgan fingerprint density at radius 3 is 2.70 bits per heavy atom. The SMILES string of the molecule is CCNC(CCc1cccs1)COCC(F)(F)C(F)F. The third-order valence-corrected chi connectivity index (χ3v) is 3.68. The Bertz CT molecular complexity index is 359. The van der Waals surface area contributed by atoms with E-state index in [0.717, 1.165) is 6.42 Å². The fourth-order valence-electron chi connectivity index (χ4n) is 1.70. The summed E-state index contributed by atoms with van der Waals surface area (Å²) in [7, 11) is 0. The highest BCUT2D eigenvalue weighted by molar-refractivity contribution is 7.09. The van der Waals surface area contributed by atoms with Crippen molar-refractivity contribution in [3.8, 4) is 0 Å². The molecule has 1 aromatic rings. The molecule has 0 spiro atoms. The van der Waals surface area contributed by atoms with Crippen LogP contribution in [0.15, 0.2) is 17.5 Å². The summed E-state index contributed by atoms with van der Waals surface area (Å²) in [6, 6.07) is 3.83. The van der Waals surface area contributed by atoms with Crippen LogP contribution in [0.25, 0.3) is 0 Å². The van der Waals surface area contributed by atoms with E-state index in [-0.39, 0.29) is 12.6 Å². The van der Waals surface area contributed by atoms with Crippen LogP contribution >= 0.6 is 11.3 Å². The number of alkyl halides is 4. The molecule has 0 amide bonds. The van der Waals surface area contributed by atoms with Crippen molar-refractivity contribution < 1.29 is 22.3 Å². The first-order valence-corrected chi connectivity index (χ1v) is 7.33. The Labute approximate surface area is 120 Å². The molecule has 0 saturated carbocycles. The minimum Gasteiger partial charge on any atom is -0.373 e. The van der Waals surface area contributed by atoms with Crippen LogP contribution in [0.1, 0.15) is 18.2 Å². The number of thiophene rings is 1. The van der Waals surface area contributed by atoms with Gasteiger partial charge in [0.2, 0.25) is 0 Å². The van der Waals surface area contributed by atoms with E-state index in [4.69, 9.17) is 4.74 Å². The maximum absolute atomic E-state index is 12.7. The largest absolute Gasteiger partial charge is 0.373 e. The lowest BCUT2D eigenvalue weighted by molar-refractivity contribution is -0.167. The molecule has 1 atom stereocenters. The van der Waals surface area contributed by atoms with Gasteiger partial charge in [-0.1, -0.05) is 13.0 Å². The van der Waals surface area contributed by atoms with Gasteiger partial charge in [0, 0.05) is 10.9 Å². The predicted octanol–water partition coefficient (Wildman–Crippen LogP) is 3.58. The van der Waals surface area contributed by atoms with Gasteiger partial charge >= 0.3 is 12.3 Å². The van der Waals surface area contributed by atoms with Crippen molar-refractivity contribution in [2.24, 2.45) is 0 Å². The van der Waals surface area contributed by atoms with Crippen LogP contribution < -0.4 is 5.32 Å². The van der Waals surface area contributed by atoms with Gasteiger partial charge in [-0.3, -0.25) is 0 Å². The normalized spacial score (nSPS) is 13.9. The van der Waals surface area contributed by atoms with Gasteiger partial charge in [0.15, 0.2) is 0 Å². The summed E-state index contributed by atoms with van der Waals surface area (Å²) < 4.78 is 54.1. The van der Waals surface area contributed by atoms with Crippen molar-refractivity contribution in [2.45, 2.75) is 38.2 Å². The van der Waals surface area contributed by atoms with Gasteiger partial charge in [-0.2, -0.15) is 8.78 Å². The zero-order chi connectivity index (χ0) is 15.0. The van der Waals surface area contributed by atoms with Crippen LogP contribution in [0, 0.1) is 0 Å². The van der Waals surface area contributed by atoms with Crippen LogP contribution in [0.3, 0.4) is 0 Å². The van der Waals surface area contributed by atoms with Gasteiger partial charge in [0.05, 0.1) is 6.61 Å². The molecular formula is C13H19F4NOS. The van der Waals surface area contributed by atoms with Gasteiger partial charge in [-0.05, 0) is 30.8 Å². The van der Waals surface area contributed by atoms with Crippen molar-refractivity contribution in [1.82, 2.24) is 5.32 Å². The van der Waals surface area contributed by atoms with Crippen LogP contribution in [-0.4, -0.2) is 38.1 Å². The molecule has 1 rings (SSSR count). The number of nitrogens with one attached hydrogen (secondary N) is 1. The molecule has 0 fully saturated rings. The van der Waals surface area contributed by atoms with Crippen LogP contribution in [0.5, 0.6) is 0 Å². The van der Waals surface area contributed by atoms with Gasteiger partial charge in [-0.15, -0.1) is 11.3 Å². The first kappa shape index (κ1) is 17.4. The van der Waals surface area contributed by atoms with E-state index in [2.05, 4.69) is 5.32 Å². The van der Waals surface area contributed by atoms with E-state index in [9.17, 15) is 17.6 Å². The van der Waals surface area contributed by atoms with Crippen molar-refractivity contribution in [3.63, 3.8) is 0 Å². The second-order valence-electron chi connectivity index (χ2n) is 4.45. The first-order valence-electron chi connectivity index (χ1n) is 6.45. The molecule has 0 aliphatic rings. The molecule has 7 heteroatoms. The molecule has 0 bridgehead atoms. The lowest BCUT2D eigenvalue weighted by Gasteiger charge is -2.20. The zero-order valence-corrected chi connectivity index (χ0v) is 12.1. The highest BCUT2D eigenvalue weighted by Gasteiger charge is 2.41. The Balaban J connectivity index is 2.31. The van der Waals surface area contributed by atoms with Crippen molar-refractivity contribution in [1.29, 1.82) is 0 Å². The Morgan fingerprint density at radius 2 is 2.15 bits per heavy atom. The summed E-state index contributed by atoms with van der Waals surface area (Å²) in [6.07, 6.45) is -2.16. The highest BCUT2D eigenvalue weighted by Crippen LogP contribution is 2.23. The maximum atomic E-state index is 12.7. The zero-order valence-electron chi connectivity index (χ0n) is 11.3. The molecule has 0 aliphatic carbocycles. The summed E-state index contributed by atoms with van der Waals surface area (Å²) in [5, 5.41) is 5.08. The Kier molecular flexibility index (Phi) is 7.47. The second-order valence-corrected chi connectivity index (χ2v) is 5.48. The van der Waals surface area contributed by atoms with E-state index < -0.39 is 19.0 Å². The number of halogens is 4. The summed E-state index contributed by atoms with van der Waals surface area (Å²) in [6.45, 7) is 1.32. The van der Waals surface area contributed by atoms with Crippen molar-refractivity contribution >= 4 is 11.3 Å². The molecule has 1 unspecified atom stereocenters. The molecular weight excluding hydrogens is 294 g/mol. The van der Waals surface area contributed by atoms with E-state index in [1.807, 2.05) is 24.4 Å². The van der Waals surface area contributed by atoms with E-state index >= 15 is 0 Å². The highest BCUT2D eigenvalue weighted by atomic mass is 32.1. The molecule has 0 aromatic carbocycles. The number of likely N-dealkylation sites (N-methyl/N-ethyl adjacent to an activating group) is 1. The minimum atomic E-state index is -4.08. The molecule has 0 aliphatic heterocycles. The van der Waals surface area contributed by atoms with Crippen LogP contribution in [0.2, 0.25) is 0 Å². The molecule has 1 N–H and O–H groups in total. The second kappa shape index (κ2) is 8.59. The first-order chi connectivity index (χ1) is 9.45. The van der Waals surface area contributed by atoms with E-state index in [0.29, 0.717) is 13.0 Å². The summed E-state index contributed by atoms with van der Waals surface area (Å²) in [5.41, 5.74) is 0. The lowest BCUT2D eigenvalue weighted by Crippen LogP contribution is -2.38. The third kappa shape index (κ3) is 6.19. The summed E-state index contributed by atoms with van der Waals surface area (Å²) >= 11 is 1.63. The average molecular weight is 313 g/mol. The summed E-state index contributed by atoms with van der Waals surface area (Å²) in [4.78, 5) is 1.20. The van der Waals surface area contributed by atoms with E-state index in [1.165, 1.54) is 4.88 Å². The standard InChI is InChI=1S/C13H19F4NOS/c1-2-18-10(5-6-11-4-3-7-20-11)8-19-9-13(16,17)12(14)15/h3-4,7,10,12,18H,2,5-6,8-9H2,1H3. The molecule has 0 saturated heterocycles. The quantitative estimate of drug-likeness (QED) is 0.667.